The maximum absolute atomic E-state index is 12.4. The highest BCUT2D eigenvalue weighted by atomic mass is 16.5. The molecule has 158 valence electrons. The molecule has 0 saturated carbocycles. The van der Waals surface area contributed by atoms with Gasteiger partial charge in [0.15, 0.2) is 12.2 Å². The molecule has 0 atom stereocenters. The van der Waals surface area contributed by atoms with E-state index in [0.717, 1.165) is 22.3 Å². The first-order valence-corrected chi connectivity index (χ1v) is 9.84. The summed E-state index contributed by atoms with van der Waals surface area (Å²) in [6.07, 6.45) is -0.0757. The van der Waals surface area contributed by atoms with Crippen molar-refractivity contribution in [2.75, 3.05) is 11.9 Å². The van der Waals surface area contributed by atoms with Crippen molar-refractivity contribution >= 4 is 28.5 Å². The number of hydrogen-bond acceptors (Lipinski definition) is 6. The van der Waals surface area contributed by atoms with Gasteiger partial charge in [0, 0.05) is 5.39 Å². The lowest BCUT2D eigenvalue weighted by molar-refractivity contribution is -0.146. The van der Waals surface area contributed by atoms with Crippen molar-refractivity contribution in [2.45, 2.75) is 27.2 Å². The van der Waals surface area contributed by atoms with Gasteiger partial charge < -0.3 is 14.6 Å². The number of rotatable bonds is 6. The third-order valence-corrected chi connectivity index (χ3v) is 4.96. The number of esters is 1. The molecule has 1 N–H and O–H groups in total. The number of para-hydroxylation sites is 1. The number of anilines is 1. The number of fused-ring (bicyclic) bond motifs is 1. The van der Waals surface area contributed by atoms with Gasteiger partial charge >= 0.3 is 5.97 Å². The summed E-state index contributed by atoms with van der Waals surface area (Å²) in [7, 11) is 0. The summed E-state index contributed by atoms with van der Waals surface area (Å²) in [6.45, 7) is 5.30. The lowest BCUT2D eigenvalue weighted by Crippen LogP contribution is -2.22. The zero-order chi connectivity index (χ0) is 22.0. The second-order valence-corrected chi connectivity index (χ2v) is 7.30. The van der Waals surface area contributed by atoms with Crippen molar-refractivity contribution < 1.29 is 18.8 Å². The predicted octanol–water partition coefficient (Wildman–Crippen LogP) is 3.66. The molecule has 0 aliphatic carbocycles. The molecular weight excluding hydrogens is 396 g/mol. The fourth-order valence-electron chi connectivity index (χ4n) is 3.34. The topological polar surface area (TPSA) is 99.2 Å². The first-order valence-electron chi connectivity index (χ1n) is 9.84. The Labute approximate surface area is 178 Å². The molecule has 8 heteroatoms. The van der Waals surface area contributed by atoms with Crippen LogP contribution >= 0.6 is 0 Å². The van der Waals surface area contributed by atoms with Gasteiger partial charge in [0.2, 0.25) is 0 Å². The van der Waals surface area contributed by atoms with E-state index in [4.69, 9.17) is 9.26 Å². The highest BCUT2D eigenvalue weighted by Gasteiger charge is 2.18. The van der Waals surface area contributed by atoms with E-state index in [0.29, 0.717) is 22.7 Å². The van der Waals surface area contributed by atoms with Crippen molar-refractivity contribution in [2.24, 2.45) is 0 Å². The first-order chi connectivity index (χ1) is 14.9. The monoisotopic (exact) mass is 418 g/mol. The number of hydrogen-bond donors (Lipinski definition) is 1. The first kappa shape index (κ1) is 20.3. The van der Waals surface area contributed by atoms with E-state index in [1.54, 1.807) is 10.7 Å². The Morgan fingerprint density at radius 3 is 2.58 bits per heavy atom. The van der Waals surface area contributed by atoms with E-state index in [9.17, 15) is 9.59 Å². The van der Waals surface area contributed by atoms with E-state index in [2.05, 4.69) is 15.6 Å². The third kappa shape index (κ3) is 4.32. The highest BCUT2D eigenvalue weighted by Crippen LogP contribution is 2.23. The summed E-state index contributed by atoms with van der Waals surface area (Å²) in [5, 5.41) is 12.0. The molecule has 2 aromatic carbocycles. The van der Waals surface area contributed by atoms with Crippen LogP contribution in [0.5, 0.6) is 0 Å². The van der Waals surface area contributed by atoms with Crippen LogP contribution in [0.3, 0.4) is 0 Å². The normalized spacial score (nSPS) is 10.9. The molecule has 0 spiro atoms. The van der Waals surface area contributed by atoms with E-state index in [-0.39, 0.29) is 6.42 Å². The molecule has 0 radical (unpaired) electrons. The number of carbonyl (C=O) groups is 2. The average Bonchev–Trinajstić information content (AvgIpc) is 3.29. The van der Waals surface area contributed by atoms with Gasteiger partial charge in [-0.25, -0.2) is 4.68 Å². The van der Waals surface area contributed by atoms with Crippen molar-refractivity contribution in [3.63, 3.8) is 0 Å². The van der Waals surface area contributed by atoms with E-state index < -0.39 is 18.5 Å². The zero-order valence-corrected chi connectivity index (χ0v) is 17.5. The minimum atomic E-state index is -0.557. The lowest BCUT2D eigenvalue weighted by atomic mass is 10.2. The second kappa shape index (κ2) is 8.43. The number of carbonyl (C=O) groups excluding carboxylic acids is 2. The predicted molar refractivity (Wildman–Crippen MR) is 115 cm³/mol. The lowest BCUT2D eigenvalue weighted by Gasteiger charge is -2.08. The Bertz CT molecular complexity index is 1250. The van der Waals surface area contributed by atoms with E-state index in [1.807, 2.05) is 63.2 Å². The third-order valence-electron chi connectivity index (χ3n) is 4.96. The van der Waals surface area contributed by atoms with Crippen molar-refractivity contribution in [1.29, 1.82) is 0 Å². The van der Waals surface area contributed by atoms with Crippen LogP contribution in [0.4, 0.5) is 5.69 Å². The van der Waals surface area contributed by atoms with Gasteiger partial charge in [-0.2, -0.15) is 5.10 Å². The molecule has 4 aromatic rings. The van der Waals surface area contributed by atoms with Gasteiger partial charge in [-0.15, -0.1) is 0 Å². The van der Waals surface area contributed by atoms with Gasteiger partial charge in [0.05, 0.1) is 29.2 Å². The molecule has 0 aliphatic heterocycles. The summed E-state index contributed by atoms with van der Waals surface area (Å²) in [5.74, 6) is -0.994. The van der Waals surface area contributed by atoms with Crippen LogP contribution in [-0.2, 0) is 20.7 Å². The summed E-state index contributed by atoms with van der Waals surface area (Å²) >= 11 is 0. The minimum absolute atomic E-state index is 0.0757. The summed E-state index contributed by atoms with van der Waals surface area (Å²) < 4.78 is 12.1. The number of benzene rings is 2. The van der Waals surface area contributed by atoms with Crippen LogP contribution in [0.15, 0.2) is 53.1 Å². The summed E-state index contributed by atoms with van der Waals surface area (Å²) in [4.78, 5) is 24.5. The smallest absolute Gasteiger partial charge is 0.312 e. The Morgan fingerprint density at radius 1 is 1.06 bits per heavy atom. The zero-order valence-electron chi connectivity index (χ0n) is 17.5. The van der Waals surface area contributed by atoms with Gasteiger partial charge in [-0.05, 0) is 45.0 Å². The number of amides is 1. The summed E-state index contributed by atoms with van der Waals surface area (Å²) in [6, 6.07) is 15.2. The molecule has 0 bridgehead atoms. The minimum Gasteiger partial charge on any atom is -0.455 e. The van der Waals surface area contributed by atoms with Crippen LogP contribution < -0.4 is 5.32 Å². The van der Waals surface area contributed by atoms with Crippen LogP contribution in [-0.4, -0.2) is 33.4 Å². The molecule has 8 nitrogen and oxygen atoms in total. The van der Waals surface area contributed by atoms with Gasteiger partial charge in [0.25, 0.3) is 5.91 Å². The molecule has 4 rings (SSSR count). The highest BCUT2D eigenvalue weighted by molar-refractivity contribution is 5.94. The molecule has 2 aromatic heterocycles. The Kier molecular flexibility index (Phi) is 5.53. The van der Waals surface area contributed by atoms with Gasteiger partial charge in [0.1, 0.15) is 5.69 Å². The number of aromatic nitrogens is 3. The Balaban J connectivity index is 1.37. The average molecular weight is 418 g/mol. The fraction of sp³-hybridized carbons (Fsp3) is 0.217. The number of nitrogens with one attached hydrogen (secondary N) is 1. The number of ether oxygens (including phenoxy) is 1. The van der Waals surface area contributed by atoms with Crippen LogP contribution in [0.25, 0.3) is 16.7 Å². The molecule has 0 unspecified atom stereocenters. The molecule has 31 heavy (non-hydrogen) atoms. The summed E-state index contributed by atoms with van der Waals surface area (Å²) in [5.41, 5.74) is 5.19. The van der Waals surface area contributed by atoms with E-state index in [1.165, 1.54) is 0 Å². The molecular formula is C23H22N4O4. The Morgan fingerprint density at radius 2 is 1.81 bits per heavy atom. The number of nitrogens with zero attached hydrogens (tertiary/aromatic N) is 3. The van der Waals surface area contributed by atoms with Gasteiger partial charge in [-0.3, -0.25) is 9.59 Å². The molecule has 1 amide bonds. The largest absolute Gasteiger partial charge is 0.455 e. The van der Waals surface area contributed by atoms with Crippen LogP contribution in [0, 0.1) is 20.8 Å². The van der Waals surface area contributed by atoms with Crippen molar-refractivity contribution in [3.8, 4) is 5.69 Å². The fourth-order valence-corrected chi connectivity index (χ4v) is 3.34. The maximum atomic E-state index is 12.4. The van der Waals surface area contributed by atoms with Gasteiger partial charge in [-0.1, -0.05) is 35.0 Å². The maximum Gasteiger partial charge on any atom is 0.312 e. The second-order valence-electron chi connectivity index (χ2n) is 7.30. The quantitative estimate of drug-likeness (QED) is 0.480. The van der Waals surface area contributed by atoms with Crippen molar-refractivity contribution in [1.82, 2.24) is 14.9 Å². The van der Waals surface area contributed by atoms with Crippen LogP contribution in [0.2, 0.25) is 0 Å². The molecule has 0 fully saturated rings. The molecule has 2 heterocycles. The number of aryl methyl sites for hydroxylation is 2. The van der Waals surface area contributed by atoms with Crippen LogP contribution in [0.1, 0.15) is 22.6 Å². The standard InChI is InChI=1S/C23H22N4O4/c1-14-8-10-17(11-9-14)27-16(3)23(15(2)25-27)24-21(28)13-30-22(29)12-19-18-6-4-5-7-20(18)31-26-19/h4-11H,12-13H2,1-3H3,(H,24,28). The van der Waals surface area contributed by atoms with Crippen molar-refractivity contribution in [3.05, 3.63) is 71.2 Å². The van der Waals surface area contributed by atoms with E-state index >= 15 is 0 Å². The molecule has 0 aliphatic rings. The SMILES string of the molecule is Cc1ccc(-n2nc(C)c(NC(=O)COC(=O)Cc3noc4ccccc34)c2C)cc1. The molecule has 0 saturated heterocycles. The Hall–Kier alpha value is -3.94.